The molecule has 0 spiro atoms. The smallest absolute Gasteiger partial charge is 0.176 e. The van der Waals surface area contributed by atoms with Crippen molar-refractivity contribution in [2.24, 2.45) is 0 Å². The van der Waals surface area contributed by atoms with Gasteiger partial charge in [-0.25, -0.2) is 9.37 Å². The molecule has 2 rings (SSSR count). The molecule has 0 aliphatic heterocycles. The van der Waals surface area contributed by atoms with Crippen molar-refractivity contribution in [2.45, 2.75) is 0 Å². The zero-order valence-corrected chi connectivity index (χ0v) is 9.93. The van der Waals surface area contributed by atoms with E-state index in [1.54, 1.807) is 24.3 Å². The van der Waals surface area contributed by atoms with Gasteiger partial charge in [0.1, 0.15) is 6.07 Å². The van der Waals surface area contributed by atoms with Gasteiger partial charge in [0, 0.05) is 27.4 Å². The lowest BCUT2D eigenvalue weighted by Gasteiger charge is -2.06. The fraction of sp³-hybridized carbons (Fsp3) is 0. The molecular weight excluding hydrogens is 262 g/mol. The van der Waals surface area contributed by atoms with E-state index in [4.69, 9.17) is 28.5 Å². The maximum Gasteiger partial charge on any atom is 0.176 e. The van der Waals surface area contributed by atoms with Crippen molar-refractivity contribution in [1.29, 1.82) is 5.26 Å². The predicted octanol–water partition coefficient (Wildman–Crippen LogP) is 4.07. The van der Waals surface area contributed by atoms with Crippen LogP contribution in [0.2, 0.25) is 10.0 Å². The first-order valence-corrected chi connectivity index (χ1v) is 5.39. The maximum absolute atomic E-state index is 13.4. The lowest BCUT2D eigenvalue weighted by molar-refractivity contribution is 0.617. The zero-order valence-electron chi connectivity index (χ0n) is 8.42. The molecule has 84 valence electrons. The van der Waals surface area contributed by atoms with Crippen LogP contribution in [-0.4, -0.2) is 4.98 Å². The van der Waals surface area contributed by atoms with Crippen LogP contribution in [-0.2, 0) is 0 Å². The Labute approximate surface area is 107 Å². The van der Waals surface area contributed by atoms with Crippen LogP contribution in [0.25, 0.3) is 11.1 Å². The van der Waals surface area contributed by atoms with Gasteiger partial charge in [-0.3, -0.25) is 0 Å². The topological polar surface area (TPSA) is 36.7 Å². The number of aromatic nitrogens is 1. The Balaban J connectivity index is 2.63. The molecule has 0 fully saturated rings. The van der Waals surface area contributed by atoms with Gasteiger partial charge in [-0.05, 0) is 18.2 Å². The summed E-state index contributed by atoms with van der Waals surface area (Å²) >= 11 is 12.0. The van der Waals surface area contributed by atoms with Crippen LogP contribution < -0.4 is 0 Å². The number of benzene rings is 1. The van der Waals surface area contributed by atoms with Crippen LogP contribution in [0.3, 0.4) is 0 Å². The van der Waals surface area contributed by atoms with Crippen molar-refractivity contribution in [1.82, 2.24) is 4.98 Å². The minimum Gasteiger partial charge on any atom is -0.242 e. The number of nitrogens with zero attached hydrogens (tertiary/aromatic N) is 2. The van der Waals surface area contributed by atoms with E-state index in [1.165, 1.54) is 12.3 Å². The van der Waals surface area contributed by atoms with Gasteiger partial charge in [0.2, 0.25) is 0 Å². The molecule has 2 nitrogen and oxygen atoms in total. The number of rotatable bonds is 1. The fourth-order valence-electron chi connectivity index (χ4n) is 1.43. The highest BCUT2D eigenvalue weighted by Gasteiger charge is 2.11. The van der Waals surface area contributed by atoms with E-state index in [9.17, 15) is 4.39 Å². The average Bonchev–Trinajstić information content (AvgIpc) is 2.29. The second-order valence-corrected chi connectivity index (χ2v) is 4.08. The van der Waals surface area contributed by atoms with E-state index in [1.807, 2.05) is 0 Å². The van der Waals surface area contributed by atoms with E-state index in [0.29, 0.717) is 21.2 Å². The second kappa shape index (κ2) is 4.70. The minimum atomic E-state index is -0.694. The molecule has 0 aliphatic rings. The van der Waals surface area contributed by atoms with E-state index in [0.717, 1.165) is 0 Å². The molecule has 2 aromatic rings. The van der Waals surface area contributed by atoms with E-state index < -0.39 is 5.82 Å². The monoisotopic (exact) mass is 266 g/mol. The van der Waals surface area contributed by atoms with E-state index >= 15 is 0 Å². The number of hydrogen-bond donors (Lipinski definition) is 0. The molecule has 0 saturated carbocycles. The zero-order chi connectivity index (χ0) is 12.4. The lowest BCUT2D eigenvalue weighted by atomic mass is 10.1. The summed E-state index contributed by atoms with van der Waals surface area (Å²) in [5, 5.41) is 9.40. The number of nitriles is 1. The summed E-state index contributed by atoms with van der Waals surface area (Å²) in [7, 11) is 0. The molecular formula is C12H5Cl2FN2. The number of halogens is 3. The molecule has 0 radical (unpaired) electrons. The Morgan fingerprint density at radius 2 is 1.88 bits per heavy atom. The molecule has 0 N–H and O–H groups in total. The van der Waals surface area contributed by atoms with Gasteiger partial charge in [0.05, 0.1) is 0 Å². The van der Waals surface area contributed by atoms with Crippen molar-refractivity contribution in [3.05, 3.63) is 52.0 Å². The van der Waals surface area contributed by atoms with Crippen LogP contribution in [0, 0.1) is 17.1 Å². The average molecular weight is 267 g/mol. The molecule has 0 bridgehead atoms. The van der Waals surface area contributed by atoms with Crippen molar-refractivity contribution < 1.29 is 4.39 Å². The molecule has 0 unspecified atom stereocenters. The third-order valence-electron chi connectivity index (χ3n) is 2.20. The van der Waals surface area contributed by atoms with Crippen molar-refractivity contribution in [2.75, 3.05) is 0 Å². The van der Waals surface area contributed by atoms with Crippen LogP contribution in [0.5, 0.6) is 0 Å². The standard InChI is InChI=1S/C12H5Cl2FN2/c13-8-2-1-3-9(14)12(8)7-4-10(15)11(5-16)17-6-7/h1-4,6H. The van der Waals surface area contributed by atoms with Crippen LogP contribution in [0.4, 0.5) is 4.39 Å². The van der Waals surface area contributed by atoms with Gasteiger partial charge in [-0.1, -0.05) is 29.3 Å². The largest absolute Gasteiger partial charge is 0.242 e. The first-order chi connectivity index (χ1) is 8.13. The molecule has 0 amide bonds. The van der Waals surface area contributed by atoms with Gasteiger partial charge >= 0.3 is 0 Å². The molecule has 5 heteroatoms. The summed E-state index contributed by atoms with van der Waals surface area (Å²) in [5.74, 6) is -0.694. The summed E-state index contributed by atoms with van der Waals surface area (Å²) in [6.45, 7) is 0. The summed E-state index contributed by atoms with van der Waals surface area (Å²) in [6, 6.07) is 7.84. The number of pyridine rings is 1. The molecule has 0 saturated heterocycles. The molecule has 1 aromatic heterocycles. The Kier molecular flexibility index (Phi) is 3.28. The van der Waals surface area contributed by atoms with Crippen LogP contribution in [0.1, 0.15) is 5.69 Å². The van der Waals surface area contributed by atoms with Crippen LogP contribution in [0.15, 0.2) is 30.5 Å². The third kappa shape index (κ3) is 2.23. The van der Waals surface area contributed by atoms with Crippen LogP contribution >= 0.6 is 23.2 Å². The summed E-state index contributed by atoms with van der Waals surface area (Å²) < 4.78 is 13.4. The highest BCUT2D eigenvalue weighted by molar-refractivity contribution is 6.39. The summed E-state index contributed by atoms with van der Waals surface area (Å²) in [5.41, 5.74) is 0.695. The first kappa shape index (κ1) is 11.8. The second-order valence-electron chi connectivity index (χ2n) is 3.26. The third-order valence-corrected chi connectivity index (χ3v) is 2.83. The van der Waals surface area contributed by atoms with Gasteiger partial charge < -0.3 is 0 Å². The molecule has 1 aromatic carbocycles. The fourth-order valence-corrected chi connectivity index (χ4v) is 2.05. The van der Waals surface area contributed by atoms with Gasteiger partial charge in [-0.15, -0.1) is 0 Å². The quantitative estimate of drug-likeness (QED) is 0.780. The molecule has 1 heterocycles. The minimum absolute atomic E-state index is 0.253. The first-order valence-electron chi connectivity index (χ1n) is 4.63. The molecule has 0 aliphatic carbocycles. The van der Waals surface area contributed by atoms with Crippen molar-refractivity contribution >= 4 is 23.2 Å². The highest BCUT2D eigenvalue weighted by atomic mass is 35.5. The Bertz CT molecular complexity index is 600. The lowest BCUT2D eigenvalue weighted by Crippen LogP contribution is -1.91. The van der Waals surface area contributed by atoms with Gasteiger partial charge in [-0.2, -0.15) is 5.26 Å². The Morgan fingerprint density at radius 1 is 1.24 bits per heavy atom. The molecule has 17 heavy (non-hydrogen) atoms. The number of hydrogen-bond acceptors (Lipinski definition) is 2. The Morgan fingerprint density at radius 3 is 2.41 bits per heavy atom. The van der Waals surface area contributed by atoms with Crippen molar-refractivity contribution in [3.63, 3.8) is 0 Å². The van der Waals surface area contributed by atoms with Gasteiger partial charge in [0.15, 0.2) is 11.5 Å². The normalized spacial score (nSPS) is 10.0. The predicted molar refractivity (Wildman–Crippen MR) is 64.4 cm³/mol. The van der Waals surface area contributed by atoms with E-state index in [-0.39, 0.29) is 5.69 Å². The van der Waals surface area contributed by atoms with Crippen molar-refractivity contribution in [3.8, 4) is 17.2 Å². The van der Waals surface area contributed by atoms with Gasteiger partial charge in [0.25, 0.3) is 0 Å². The summed E-state index contributed by atoms with van der Waals surface area (Å²) in [4.78, 5) is 3.70. The summed E-state index contributed by atoms with van der Waals surface area (Å²) in [6.07, 6.45) is 1.37. The molecule has 0 atom stereocenters. The van der Waals surface area contributed by atoms with E-state index in [2.05, 4.69) is 4.98 Å². The maximum atomic E-state index is 13.4. The Hall–Kier alpha value is -1.63. The highest BCUT2D eigenvalue weighted by Crippen LogP contribution is 2.34. The SMILES string of the molecule is N#Cc1ncc(-c2c(Cl)cccc2Cl)cc1F.